The summed E-state index contributed by atoms with van der Waals surface area (Å²) in [6.07, 6.45) is 17.7. The van der Waals surface area contributed by atoms with Crippen molar-refractivity contribution in [3.05, 3.63) is 52.5 Å². The lowest BCUT2D eigenvalue weighted by atomic mass is 9.88. The summed E-state index contributed by atoms with van der Waals surface area (Å²) >= 11 is 2.68. The van der Waals surface area contributed by atoms with E-state index in [1.54, 1.807) is 25.1 Å². The van der Waals surface area contributed by atoms with Gasteiger partial charge in [-0.2, -0.15) is 0 Å². The molecule has 0 aliphatic heterocycles. The molecule has 3 aromatic rings. The van der Waals surface area contributed by atoms with Crippen LogP contribution in [0.25, 0.3) is 0 Å². The van der Waals surface area contributed by atoms with E-state index in [0.29, 0.717) is 34.4 Å². The van der Waals surface area contributed by atoms with Crippen molar-refractivity contribution in [2.24, 2.45) is 5.92 Å². The third-order valence-electron chi connectivity index (χ3n) is 7.92. The highest BCUT2D eigenvalue weighted by atomic mass is 32.2. The fourth-order valence-corrected chi connectivity index (χ4v) is 7.05. The van der Waals surface area contributed by atoms with Crippen molar-refractivity contribution in [3.63, 3.8) is 0 Å². The Kier molecular flexibility index (Phi) is 19.3. The summed E-state index contributed by atoms with van der Waals surface area (Å²) in [6.45, 7) is 8.90. The molecule has 1 heterocycles. The van der Waals surface area contributed by atoms with Gasteiger partial charge in [-0.15, -0.1) is 11.3 Å². The Morgan fingerprint density at radius 1 is 0.826 bits per heavy atom. The highest BCUT2D eigenvalue weighted by Gasteiger charge is 2.14. The molecular formula is C37H56N2O5S2. The molecule has 256 valence electrons. The summed E-state index contributed by atoms with van der Waals surface area (Å²) in [6, 6.07) is 7.94. The van der Waals surface area contributed by atoms with E-state index in [4.69, 9.17) is 0 Å². The fraction of sp³-hybridized carbons (Fsp3) is 0.568. The summed E-state index contributed by atoms with van der Waals surface area (Å²) in [4.78, 5) is 16.6. The number of aryl methyl sites for hydroxylation is 1. The molecule has 1 unspecified atom stereocenters. The molecule has 0 fully saturated rings. The minimum absolute atomic E-state index is 0.0421. The Balaban J connectivity index is 0.000000321. The van der Waals surface area contributed by atoms with E-state index in [1.165, 1.54) is 112 Å². The van der Waals surface area contributed by atoms with E-state index >= 15 is 0 Å². The molecule has 1 amide bonds. The van der Waals surface area contributed by atoms with Crippen LogP contribution in [0.4, 0.5) is 0 Å². The first-order valence-electron chi connectivity index (χ1n) is 17.1. The number of hydrogen-bond acceptors (Lipinski definition) is 8. The number of phenolic OH excluding ortho intramolecular Hbond substituents is 4. The Labute approximate surface area is 284 Å². The molecule has 0 radical (unpaired) electrons. The molecular weight excluding hydrogens is 617 g/mol. The van der Waals surface area contributed by atoms with E-state index in [-0.39, 0.29) is 29.6 Å². The van der Waals surface area contributed by atoms with Gasteiger partial charge in [0.15, 0.2) is 4.34 Å². The van der Waals surface area contributed by atoms with Crippen LogP contribution in [0.3, 0.4) is 0 Å². The van der Waals surface area contributed by atoms with Gasteiger partial charge < -0.3 is 25.7 Å². The zero-order valence-corrected chi connectivity index (χ0v) is 29.9. The maximum Gasteiger partial charge on any atom is 0.226 e. The number of rotatable bonds is 20. The van der Waals surface area contributed by atoms with Crippen LogP contribution < -0.4 is 5.32 Å². The first-order chi connectivity index (χ1) is 22.2. The average Bonchev–Trinajstić information content (AvgIpc) is 3.47. The first kappa shape index (κ1) is 39.3. The van der Waals surface area contributed by atoms with E-state index in [1.807, 2.05) is 12.3 Å². The van der Waals surface area contributed by atoms with Gasteiger partial charge in [0.1, 0.15) is 23.0 Å². The largest absolute Gasteiger partial charge is 0.508 e. The molecule has 46 heavy (non-hydrogen) atoms. The van der Waals surface area contributed by atoms with Gasteiger partial charge >= 0.3 is 0 Å². The van der Waals surface area contributed by atoms with Crippen LogP contribution in [0.15, 0.2) is 44.9 Å². The number of aromatic nitrogens is 1. The molecule has 5 N–H and O–H groups in total. The van der Waals surface area contributed by atoms with Gasteiger partial charge in [-0.3, -0.25) is 4.79 Å². The third kappa shape index (κ3) is 15.6. The number of unbranched alkanes of at least 4 members (excludes halogenated alkanes) is 8. The van der Waals surface area contributed by atoms with Crippen LogP contribution >= 0.6 is 23.1 Å². The van der Waals surface area contributed by atoms with Crippen molar-refractivity contribution >= 4 is 29.0 Å². The second-order valence-corrected chi connectivity index (χ2v) is 14.3. The molecule has 9 heteroatoms. The summed E-state index contributed by atoms with van der Waals surface area (Å²) in [5, 5.41) is 44.0. The predicted molar refractivity (Wildman–Crippen MR) is 191 cm³/mol. The Bertz CT molecular complexity index is 1300. The Morgan fingerprint density at radius 3 is 2.15 bits per heavy atom. The number of phenols is 4. The number of nitrogens with zero attached hydrogens (tertiary/aromatic N) is 1. The molecule has 0 saturated heterocycles. The van der Waals surface area contributed by atoms with Crippen molar-refractivity contribution in [2.75, 3.05) is 6.54 Å². The number of nitrogens with one attached hydrogen (secondary N) is 1. The lowest BCUT2D eigenvalue weighted by molar-refractivity contribution is -0.120. The van der Waals surface area contributed by atoms with Crippen LogP contribution in [0.5, 0.6) is 23.0 Å². The molecule has 0 bridgehead atoms. The predicted octanol–water partition coefficient (Wildman–Crippen LogP) is 10.1. The number of benzene rings is 2. The number of carbonyl (C=O) groups is 1. The van der Waals surface area contributed by atoms with E-state index < -0.39 is 0 Å². The van der Waals surface area contributed by atoms with E-state index in [9.17, 15) is 25.2 Å². The maximum atomic E-state index is 11.6. The van der Waals surface area contributed by atoms with Crippen molar-refractivity contribution in [2.45, 2.75) is 133 Å². The lowest BCUT2D eigenvalue weighted by Gasteiger charge is -2.18. The normalized spacial score (nSPS) is 11.6. The maximum absolute atomic E-state index is 11.6. The highest BCUT2D eigenvalue weighted by Crippen LogP contribution is 2.39. The van der Waals surface area contributed by atoms with Crippen molar-refractivity contribution in [1.82, 2.24) is 10.3 Å². The second kappa shape index (κ2) is 22.6. The molecule has 0 saturated carbocycles. The Hall–Kier alpha value is -2.91. The smallest absolute Gasteiger partial charge is 0.226 e. The molecule has 1 atom stereocenters. The van der Waals surface area contributed by atoms with Crippen LogP contribution in [0, 0.1) is 12.8 Å². The van der Waals surface area contributed by atoms with Gasteiger partial charge in [0.25, 0.3) is 0 Å². The van der Waals surface area contributed by atoms with Crippen LogP contribution in [0.1, 0.15) is 121 Å². The van der Waals surface area contributed by atoms with Crippen LogP contribution in [-0.4, -0.2) is 37.9 Å². The monoisotopic (exact) mass is 672 g/mol. The standard InChI is InChI=1S/C22H38O2.C15H18N2O3S2/c1-3-5-7-9-10-12-14-19(13-11-8-6-4-2)17-20-18-21(23)15-16-22(20)24;1-3-4-16-14(20)6-10-8-21-15(17-10)22-13-7-11(18)9(2)5-12(13)19/h15-16,18-19,23-24H,3-14,17H2,1-2H3;5,7-8,18-19H,3-4,6H2,1-2H3,(H,16,20). The van der Waals surface area contributed by atoms with E-state index in [2.05, 4.69) is 24.1 Å². The minimum atomic E-state index is -0.0421. The summed E-state index contributed by atoms with van der Waals surface area (Å²) in [5.41, 5.74) is 2.23. The average molecular weight is 673 g/mol. The third-order valence-corrected chi connectivity index (χ3v) is 9.96. The minimum Gasteiger partial charge on any atom is -0.508 e. The highest BCUT2D eigenvalue weighted by molar-refractivity contribution is 8.01. The zero-order chi connectivity index (χ0) is 33.7. The van der Waals surface area contributed by atoms with Crippen molar-refractivity contribution in [3.8, 4) is 23.0 Å². The number of aromatic hydroxyl groups is 4. The number of amides is 1. The van der Waals surface area contributed by atoms with Gasteiger partial charge in [0, 0.05) is 11.9 Å². The quantitative estimate of drug-likeness (QED) is 0.0598. The summed E-state index contributed by atoms with van der Waals surface area (Å²) in [5.74, 6) is 1.41. The molecule has 0 aliphatic carbocycles. The van der Waals surface area contributed by atoms with Gasteiger partial charge in [0.05, 0.1) is 17.0 Å². The molecule has 2 aromatic carbocycles. The van der Waals surface area contributed by atoms with Crippen molar-refractivity contribution in [1.29, 1.82) is 0 Å². The summed E-state index contributed by atoms with van der Waals surface area (Å²) in [7, 11) is 0. The molecule has 3 rings (SSSR count). The van der Waals surface area contributed by atoms with Gasteiger partial charge in [-0.05, 0) is 67.1 Å². The van der Waals surface area contributed by atoms with Crippen molar-refractivity contribution < 1.29 is 25.2 Å². The molecule has 7 nitrogen and oxygen atoms in total. The van der Waals surface area contributed by atoms with E-state index in [0.717, 1.165) is 22.7 Å². The topological polar surface area (TPSA) is 123 Å². The Morgan fingerprint density at radius 2 is 1.48 bits per heavy atom. The number of hydrogen-bond donors (Lipinski definition) is 5. The second-order valence-electron chi connectivity index (χ2n) is 12.1. The SMILES string of the molecule is CCCCCCCCC(CCCCCC)Cc1cc(O)ccc1O.CCCNC(=O)Cc1csc(Sc2cc(O)c(C)cc2O)n1. The van der Waals surface area contributed by atoms with Crippen LogP contribution in [0.2, 0.25) is 0 Å². The lowest BCUT2D eigenvalue weighted by Crippen LogP contribution is -2.25. The van der Waals surface area contributed by atoms with Gasteiger partial charge in [-0.25, -0.2) is 4.98 Å². The zero-order valence-electron chi connectivity index (χ0n) is 28.3. The molecule has 0 aliphatic rings. The summed E-state index contributed by atoms with van der Waals surface area (Å²) < 4.78 is 0.719. The number of thiazole rings is 1. The van der Waals surface area contributed by atoms with Gasteiger partial charge in [-0.1, -0.05) is 110 Å². The molecule has 0 spiro atoms. The first-order valence-corrected chi connectivity index (χ1v) is 18.8. The van der Waals surface area contributed by atoms with Crippen LogP contribution in [-0.2, 0) is 17.6 Å². The fourth-order valence-electron chi connectivity index (χ4n) is 5.21. The molecule has 1 aromatic heterocycles. The number of carbonyl (C=O) groups excluding carboxylic acids is 1. The van der Waals surface area contributed by atoms with Gasteiger partial charge in [0.2, 0.25) is 5.91 Å².